The molecule has 0 aromatic heterocycles. The zero-order valence-electron chi connectivity index (χ0n) is 6.70. The van der Waals surface area contributed by atoms with Gasteiger partial charge in [0.2, 0.25) is 0 Å². The summed E-state index contributed by atoms with van der Waals surface area (Å²) in [5.74, 6) is -1.71. The van der Waals surface area contributed by atoms with Crippen molar-refractivity contribution in [3.8, 4) is 0 Å². The number of aryl methyl sites for hydroxylation is 1. The lowest BCUT2D eigenvalue weighted by Crippen LogP contribution is -2.19. The highest BCUT2D eigenvalue weighted by atomic mass is 16.5. The van der Waals surface area contributed by atoms with E-state index in [1.807, 2.05) is 19.1 Å². The maximum Gasteiger partial charge on any atom is 0.186 e. The first-order valence-electron chi connectivity index (χ1n) is 3.52. The largest absolute Gasteiger partial charge is 0.362 e. The van der Waals surface area contributed by atoms with Crippen molar-refractivity contribution in [1.29, 1.82) is 0 Å². The van der Waals surface area contributed by atoms with Crippen molar-refractivity contribution in [2.24, 2.45) is 0 Å². The zero-order chi connectivity index (χ0) is 8.48. The summed E-state index contributed by atoms with van der Waals surface area (Å²) in [6, 6.07) is 7.10. The molecule has 1 rings (SSSR count). The Morgan fingerprint density at radius 2 is 1.55 bits per heavy atom. The summed E-state index contributed by atoms with van der Waals surface area (Å²) in [7, 11) is 0. The van der Waals surface area contributed by atoms with Crippen LogP contribution in [-0.2, 0) is 5.79 Å². The molecule has 2 heteroatoms. The van der Waals surface area contributed by atoms with E-state index in [4.69, 9.17) is 10.2 Å². The summed E-state index contributed by atoms with van der Waals surface area (Å²) < 4.78 is 0. The number of aliphatic hydroxyl groups is 2. The fourth-order valence-corrected chi connectivity index (χ4v) is 0.869. The quantitative estimate of drug-likeness (QED) is 0.593. The minimum Gasteiger partial charge on any atom is -0.362 e. The van der Waals surface area contributed by atoms with E-state index < -0.39 is 5.79 Å². The second-order valence-electron chi connectivity index (χ2n) is 2.89. The fraction of sp³-hybridized carbons (Fsp3) is 0.333. The molecule has 1 aromatic carbocycles. The van der Waals surface area contributed by atoms with Crippen molar-refractivity contribution in [3.63, 3.8) is 0 Å². The van der Waals surface area contributed by atoms with Crippen LogP contribution in [0.1, 0.15) is 18.1 Å². The standard InChI is InChI=1S/C9H12O2/c1-7-3-5-8(6-4-7)9(2,10)11/h3-6,10-11H,1-2H3. The molecule has 0 bridgehead atoms. The van der Waals surface area contributed by atoms with Crippen LogP contribution in [-0.4, -0.2) is 10.2 Å². The lowest BCUT2D eigenvalue weighted by molar-refractivity contribution is -0.152. The van der Waals surface area contributed by atoms with Crippen LogP contribution in [0.4, 0.5) is 0 Å². The second kappa shape index (κ2) is 2.64. The molecule has 0 aliphatic carbocycles. The van der Waals surface area contributed by atoms with Crippen LogP contribution in [0.3, 0.4) is 0 Å². The monoisotopic (exact) mass is 152 g/mol. The fourth-order valence-electron chi connectivity index (χ4n) is 0.869. The van der Waals surface area contributed by atoms with Crippen molar-refractivity contribution in [2.45, 2.75) is 19.6 Å². The lowest BCUT2D eigenvalue weighted by Gasteiger charge is -2.15. The van der Waals surface area contributed by atoms with Gasteiger partial charge in [0.25, 0.3) is 0 Å². The van der Waals surface area contributed by atoms with Crippen molar-refractivity contribution in [3.05, 3.63) is 35.4 Å². The third kappa shape index (κ3) is 2.03. The van der Waals surface area contributed by atoms with Crippen molar-refractivity contribution < 1.29 is 10.2 Å². The molecule has 0 saturated heterocycles. The van der Waals surface area contributed by atoms with Crippen LogP contribution in [0.5, 0.6) is 0 Å². The third-order valence-corrected chi connectivity index (χ3v) is 1.60. The molecule has 0 unspecified atom stereocenters. The number of hydrogen-bond acceptors (Lipinski definition) is 2. The van der Waals surface area contributed by atoms with E-state index in [-0.39, 0.29) is 0 Å². The Hall–Kier alpha value is -0.860. The Kier molecular flexibility index (Phi) is 1.98. The van der Waals surface area contributed by atoms with Gasteiger partial charge in [-0.1, -0.05) is 29.8 Å². The Balaban J connectivity index is 2.99. The van der Waals surface area contributed by atoms with Crippen molar-refractivity contribution in [2.75, 3.05) is 0 Å². The summed E-state index contributed by atoms with van der Waals surface area (Å²) in [4.78, 5) is 0. The first kappa shape index (κ1) is 8.24. The van der Waals surface area contributed by atoms with E-state index >= 15 is 0 Å². The molecular weight excluding hydrogens is 140 g/mol. The third-order valence-electron chi connectivity index (χ3n) is 1.60. The topological polar surface area (TPSA) is 40.5 Å². The van der Waals surface area contributed by atoms with Gasteiger partial charge >= 0.3 is 0 Å². The number of rotatable bonds is 1. The van der Waals surface area contributed by atoms with E-state index in [1.54, 1.807) is 12.1 Å². The molecule has 0 saturated carbocycles. The predicted octanol–water partition coefficient (Wildman–Crippen LogP) is 1.15. The van der Waals surface area contributed by atoms with E-state index in [9.17, 15) is 0 Å². The van der Waals surface area contributed by atoms with Crippen LogP contribution < -0.4 is 0 Å². The Bertz CT molecular complexity index is 231. The molecule has 2 N–H and O–H groups in total. The van der Waals surface area contributed by atoms with Crippen LogP contribution in [0.15, 0.2) is 24.3 Å². The molecule has 0 radical (unpaired) electrons. The maximum absolute atomic E-state index is 9.14. The highest BCUT2D eigenvalue weighted by Gasteiger charge is 2.16. The maximum atomic E-state index is 9.14. The highest BCUT2D eigenvalue weighted by Crippen LogP contribution is 2.16. The van der Waals surface area contributed by atoms with Gasteiger partial charge in [-0.25, -0.2) is 0 Å². The van der Waals surface area contributed by atoms with E-state index in [0.717, 1.165) is 5.56 Å². The number of hydrogen-bond donors (Lipinski definition) is 2. The van der Waals surface area contributed by atoms with Gasteiger partial charge in [0, 0.05) is 5.56 Å². The van der Waals surface area contributed by atoms with Gasteiger partial charge < -0.3 is 10.2 Å². The summed E-state index contributed by atoms with van der Waals surface area (Å²) in [5.41, 5.74) is 1.63. The molecule has 0 heterocycles. The summed E-state index contributed by atoms with van der Waals surface area (Å²) >= 11 is 0. The van der Waals surface area contributed by atoms with Crippen LogP contribution in [0, 0.1) is 6.92 Å². The average molecular weight is 152 g/mol. The first-order chi connectivity index (χ1) is 5.00. The molecule has 0 fully saturated rings. The molecule has 2 nitrogen and oxygen atoms in total. The summed E-state index contributed by atoms with van der Waals surface area (Å²) in [6.07, 6.45) is 0. The van der Waals surface area contributed by atoms with Crippen molar-refractivity contribution >= 4 is 0 Å². The Labute approximate surface area is 66.1 Å². The minimum atomic E-state index is -1.71. The van der Waals surface area contributed by atoms with Gasteiger partial charge in [-0.2, -0.15) is 0 Å². The molecule has 0 amide bonds. The molecule has 11 heavy (non-hydrogen) atoms. The summed E-state index contributed by atoms with van der Waals surface area (Å²) in [5, 5.41) is 18.3. The predicted molar refractivity (Wildman–Crippen MR) is 43.0 cm³/mol. The zero-order valence-corrected chi connectivity index (χ0v) is 6.70. The SMILES string of the molecule is Cc1ccc(C(C)(O)O)cc1. The van der Waals surface area contributed by atoms with Crippen LogP contribution in [0.2, 0.25) is 0 Å². The van der Waals surface area contributed by atoms with Gasteiger partial charge in [0.15, 0.2) is 5.79 Å². The Morgan fingerprint density at radius 3 is 1.91 bits per heavy atom. The molecule has 1 aromatic rings. The van der Waals surface area contributed by atoms with Gasteiger partial charge in [0.1, 0.15) is 0 Å². The van der Waals surface area contributed by atoms with Gasteiger partial charge in [-0.05, 0) is 13.8 Å². The van der Waals surface area contributed by atoms with Gasteiger partial charge in [-0.15, -0.1) is 0 Å². The minimum absolute atomic E-state index is 0.517. The van der Waals surface area contributed by atoms with E-state index in [1.165, 1.54) is 6.92 Å². The lowest BCUT2D eigenvalue weighted by atomic mass is 10.1. The summed E-state index contributed by atoms with van der Waals surface area (Å²) in [6.45, 7) is 3.30. The van der Waals surface area contributed by atoms with Crippen LogP contribution >= 0.6 is 0 Å². The number of benzene rings is 1. The molecule has 0 spiro atoms. The normalized spacial score (nSPS) is 11.6. The molecule has 0 atom stereocenters. The molecule has 0 aliphatic rings. The van der Waals surface area contributed by atoms with Gasteiger partial charge in [-0.3, -0.25) is 0 Å². The Morgan fingerprint density at radius 1 is 1.09 bits per heavy atom. The van der Waals surface area contributed by atoms with Crippen LogP contribution in [0.25, 0.3) is 0 Å². The molecular formula is C9H12O2. The molecule has 60 valence electrons. The van der Waals surface area contributed by atoms with Crippen molar-refractivity contribution in [1.82, 2.24) is 0 Å². The van der Waals surface area contributed by atoms with E-state index in [0.29, 0.717) is 5.56 Å². The first-order valence-corrected chi connectivity index (χ1v) is 3.52. The van der Waals surface area contributed by atoms with Gasteiger partial charge in [0.05, 0.1) is 0 Å². The smallest absolute Gasteiger partial charge is 0.186 e. The second-order valence-corrected chi connectivity index (χ2v) is 2.89. The van der Waals surface area contributed by atoms with E-state index in [2.05, 4.69) is 0 Å². The average Bonchev–Trinajstić information content (AvgIpc) is 1.86. The molecule has 0 aliphatic heterocycles. The highest BCUT2D eigenvalue weighted by molar-refractivity contribution is 5.23.